The maximum absolute atomic E-state index is 10.5. The van der Waals surface area contributed by atoms with Crippen molar-refractivity contribution in [1.82, 2.24) is 0 Å². The molecule has 1 aromatic rings. The van der Waals surface area contributed by atoms with Crippen molar-refractivity contribution in [2.75, 3.05) is 26.1 Å². The predicted molar refractivity (Wildman–Crippen MR) is 53.6 cm³/mol. The van der Waals surface area contributed by atoms with Crippen LogP contribution in [0.15, 0.2) is 18.2 Å². The van der Waals surface area contributed by atoms with E-state index in [1.807, 2.05) is 0 Å². The van der Waals surface area contributed by atoms with E-state index in [1.54, 1.807) is 25.3 Å². The van der Waals surface area contributed by atoms with Gasteiger partial charge in [-0.15, -0.1) is 0 Å². The number of nitrogens with two attached hydrogens (primary N) is 1. The van der Waals surface area contributed by atoms with Gasteiger partial charge in [0.2, 0.25) is 0 Å². The molecule has 0 amide bonds. The Bertz CT molecular complexity index is 312. The SMILES string of the molecule is COCCOc1ccc(N)c(C=O)c1. The van der Waals surface area contributed by atoms with E-state index in [4.69, 9.17) is 15.2 Å². The van der Waals surface area contributed by atoms with Crippen LogP contribution in [0.5, 0.6) is 5.75 Å². The number of ether oxygens (including phenoxy) is 2. The quantitative estimate of drug-likeness (QED) is 0.434. The summed E-state index contributed by atoms with van der Waals surface area (Å²) in [6, 6.07) is 4.97. The number of anilines is 1. The Morgan fingerprint density at radius 2 is 2.21 bits per heavy atom. The summed E-state index contributed by atoms with van der Waals surface area (Å²) in [6.45, 7) is 0.972. The number of carbonyl (C=O) groups excluding carboxylic acids is 1. The minimum atomic E-state index is 0.444. The van der Waals surface area contributed by atoms with Gasteiger partial charge in [0, 0.05) is 18.4 Å². The van der Waals surface area contributed by atoms with Gasteiger partial charge in [0.25, 0.3) is 0 Å². The first-order valence-corrected chi connectivity index (χ1v) is 4.24. The van der Waals surface area contributed by atoms with Crippen molar-refractivity contribution >= 4 is 12.0 Å². The van der Waals surface area contributed by atoms with Crippen LogP contribution in [0.1, 0.15) is 10.4 Å². The number of hydrogen-bond acceptors (Lipinski definition) is 4. The lowest BCUT2D eigenvalue weighted by Crippen LogP contribution is -2.04. The minimum Gasteiger partial charge on any atom is -0.491 e. The van der Waals surface area contributed by atoms with Crippen LogP contribution < -0.4 is 10.5 Å². The molecule has 0 radical (unpaired) electrons. The lowest BCUT2D eigenvalue weighted by molar-refractivity contribution is 0.112. The van der Waals surface area contributed by atoms with Gasteiger partial charge in [0.15, 0.2) is 6.29 Å². The third-order valence-corrected chi connectivity index (χ3v) is 1.74. The molecule has 0 atom stereocenters. The van der Waals surface area contributed by atoms with Crippen LogP contribution in [0.25, 0.3) is 0 Å². The van der Waals surface area contributed by atoms with Crippen molar-refractivity contribution in [3.05, 3.63) is 23.8 Å². The molecule has 0 unspecified atom stereocenters. The molecule has 4 nitrogen and oxygen atoms in total. The second kappa shape index (κ2) is 5.24. The van der Waals surface area contributed by atoms with Crippen molar-refractivity contribution in [1.29, 1.82) is 0 Å². The predicted octanol–water partition coefficient (Wildman–Crippen LogP) is 1.11. The monoisotopic (exact) mass is 195 g/mol. The zero-order valence-electron chi connectivity index (χ0n) is 8.03. The van der Waals surface area contributed by atoms with Gasteiger partial charge in [-0.2, -0.15) is 0 Å². The lowest BCUT2D eigenvalue weighted by Gasteiger charge is -2.06. The Hall–Kier alpha value is -1.55. The lowest BCUT2D eigenvalue weighted by atomic mass is 10.2. The fourth-order valence-electron chi connectivity index (χ4n) is 0.988. The topological polar surface area (TPSA) is 61.6 Å². The maximum Gasteiger partial charge on any atom is 0.152 e. The summed E-state index contributed by atoms with van der Waals surface area (Å²) < 4.78 is 10.1. The van der Waals surface area contributed by atoms with E-state index in [-0.39, 0.29) is 0 Å². The Labute approximate surface area is 82.6 Å². The van der Waals surface area contributed by atoms with Gasteiger partial charge in [0.05, 0.1) is 6.61 Å². The van der Waals surface area contributed by atoms with Gasteiger partial charge < -0.3 is 15.2 Å². The zero-order valence-corrected chi connectivity index (χ0v) is 8.03. The standard InChI is InChI=1S/C10H13NO3/c1-13-4-5-14-9-2-3-10(11)8(6-9)7-12/h2-3,6-7H,4-5,11H2,1H3. The summed E-state index contributed by atoms with van der Waals surface area (Å²) in [5.41, 5.74) is 6.45. The second-order valence-electron chi connectivity index (χ2n) is 2.75. The van der Waals surface area contributed by atoms with Crippen molar-refractivity contribution in [3.63, 3.8) is 0 Å². The second-order valence-corrected chi connectivity index (χ2v) is 2.75. The Morgan fingerprint density at radius 3 is 2.86 bits per heavy atom. The largest absolute Gasteiger partial charge is 0.491 e. The van der Waals surface area contributed by atoms with Crippen LogP contribution in [-0.4, -0.2) is 26.6 Å². The molecule has 0 bridgehead atoms. The van der Waals surface area contributed by atoms with E-state index in [2.05, 4.69) is 0 Å². The molecule has 76 valence electrons. The summed E-state index contributed by atoms with van der Waals surface area (Å²) >= 11 is 0. The average Bonchev–Trinajstić information content (AvgIpc) is 2.21. The number of carbonyl (C=O) groups is 1. The molecule has 1 aromatic carbocycles. The molecular weight excluding hydrogens is 182 g/mol. The molecule has 1 rings (SSSR count). The molecule has 0 aliphatic heterocycles. The minimum absolute atomic E-state index is 0.444. The summed E-state index contributed by atoms with van der Waals surface area (Å²) in [7, 11) is 1.60. The molecule has 0 aliphatic carbocycles. The fraction of sp³-hybridized carbons (Fsp3) is 0.300. The van der Waals surface area contributed by atoms with Gasteiger partial charge in [-0.05, 0) is 18.2 Å². The van der Waals surface area contributed by atoms with Crippen molar-refractivity contribution < 1.29 is 14.3 Å². The van der Waals surface area contributed by atoms with E-state index >= 15 is 0 Å². The number of rotatable bonds is 5. The van der Waals surface area contributed by atoms with Crippen LogP contribution in [-0.2, 0) is 4.74 Å². The number of aldehydes is 1. The Morgan fingerprint density at radius 1 is 1.43 bits per heavy atom. The summed E-state index contributed by atoms with van der Waals surface area (Å²) in [4.78, 5) is 10.5. The van der Waals surface area contributed by atoms with Crippen molar-refractivity contribution in [2.24, 2.45) is 0 Å². The molecule has 0 saturated heterocycles. The molecular formula is C10H13NO3. The van der Waals surface area contributed by atoms with Gasteiger partial charge in [-0.1, -0.05) is 0 Å². The molecule has 4 heteroatoms. The molecule has 0 spiro atoms. The van der Waals surface area contributed by atoms with Crippen molar-refractivity contribution in [3.8, 4) is 5.75 Å². The highest BCUT2D eigenvalue weighted by atomic mass is 16.5. The average molecular weight is 195 g/mol. The number of nitrogen functional groups attached to an aromatic ring is 1. The molecule has 0 saturated carbocycles. The van der Waals surface area contributed by atoms with Crippen molar-refractivity contribution in [2.45, 2.75) is 0 Å². The van der Waals surface area contributed by atoms with Crippen LogP contribution in [0.3, 0.4) is 0 Å². The summed E-state index contributed by atoms with van der Waals surface area (Å²) in [6.07, 6.45) is 0.707. The molecule has 14 heavy (non-hydrogen) atoms. The van der Waals surface area contributed by atoms with E-state index in [9.17, 15) is 4.79 Å². The van der Waals surface area contributed by atoms with Crippen LogP contribution in [0.4, 0.5) is 5.69 Å². The molecule has 0 heterocycles. The first kappa shape index (κ1) is 10.5. The van der Waals surface area contributed by atoms with E-state index in [0.29, 0.717) is 36.5 Å². The number of methoxy groups -OCH3 is 1. The highest BCUT2D eigenvalue weighted by Gasteiger charge is 2.00. The fourth-order valence-corrected chi connectivity index (χ4v) is 0.988. The molecule has 0 fully saturated rings. The molecule has 0 aromatic heterocycles. The van der Waals surface area contributed by atoms with E-state index < -0.39 is 0 Å². The van der Waals surface area contributed by atoms with Crippen LogP contribution in [0.2, 0.25) is 0 Å². The summed E-state index contributed by atoms with van der Waals surface area (Å²) in [5.74, 6) is 0.623. The first-order valence-electron chi connectivity index (χ1n) is 4.24. The third-order valence-electron chi connectivity index (χ3n) is 1.74. The van der Waals surface area contributed by atoms with Gasteiger partial charge in [0.1, 0.15) is 12.4 Å². The smallest absolute Gasteiger partial charge is 0.152 e. The molecule has 2 N–H and O–H groups in total. The third kappa shape index (κ3) is 2.74. The zero-order chi connectivity index (χ0) is 10.4. The van der Waals surface area contributed by atoms with Crippen LogP contribution in [0, 0.1) is 0 Å². The Balaban J connectivity index is 2.64. The normalized spacial score (nSPS) is 9.79. The highest BCUT2D eigenvalue weighted by molar-refractivity contribution is 5.83. The highest BCUT2D eigenvalue weighted by Crippen LogP contribution is 2.17. The maximum atomic E-state index is 10.5. The number of hydrogen-bond donors (Lipinski definition) is 1. The summed E-state index contributed by atoms with van der Waals surface area (Å²) in [5, 5.41) is 0. The van der Waals surface area contributed by atoms with Gasteiger partial charge in [-0.25, -0.2) is 0 Å². The number of benzene rings is 1. The van der Waals surface area contributed by atoms with E-state index in [1.165, 1.54) is 0 Å². The molecule has 0 aliphatic rings. The Kier molecular flexibility index (Phi) is 3.94. The van der Waals surface area contributed by atoms with E-state index in [0.717, 1.165) is 0 Å². The van der Waals surface area contributed by atoms with Gasteiger partial charge >= 0.3 is 0 Å². The van der Waals surface area contributed by atoms with Gasteiger partial charge in [-0.3, -0.25) is 4.79 Å². The van der Waals surface area contributed by atoms with Crippen LogP contribution >= 0.6 is 0 Å². The first-order chi connectivity index (χ1) is 6.77.